The maximum absolute atomic E-state index is 14.2. The van der Waals surface area contributed by atoms with Gasteiger partial charge in [0.05, 0.1) is 18.4 Å². The van der Waals surface area contributed by atoms with Crippen molar-refractivity contribution in [3.05, 3.63) is 70.8 Å². The summed E-state index contributed by atoms with van der Waals surface area (Å²) in [4.78, 5) is 17.1. The standard InChI is InChI=1S/C22H17ClF2N4O4/c23-16-4-2-1-3-13(16)19-14-8-15(21(32)26-9-12(31)10-30)22(27-20(14)29-28-19)33-18-6-5-11(24)7-17(18)25/h1-8,12,30-31H,9-10H2,(H,26,32)(H,27,28,29). The number of aliphatic hydroxyl groups excluding tert-OH is 2. The van der Waals surface area contributed by atoms with E-state index >= 15 is 0 Å². The number of carbonyl (C=O) groups is 1. The van der Waals surface area contributed by atoms with Crippen LogP contribution in [0.15, 0.2) is 48.5 Å². The summed E-state index contributed by atoms with van der Waals surface area (Å²) in [7, 11) is 0. The van der Waals surface area contributed by atoms with Gasteiger partial charge in [0.1, 0.15) is 11.4 Å². The van der Waals surface area contributed by atoms with Crippen LogP contribution in [0.3, 0.4) is 0 Å². The van der Waals surface area contributed by atoms with E-state index in [9.17, 15) is 18.7 Å². The lowest BCUT2D eigenvalue weighted by molar-refractivity contribution is 0.0800. The minimum atomic E-state index is -1.18. The van der Waals surface area contributed by atoms with Gasteiger partial charge in [-0.2, -0.15) is 10.1 Å². The van der Waals surface area contributed by atoms with Crippen LogP contribution in [0.4, 0.5) is 8.78 Å². The van der Waals surface area contributed by atoms with E-state index in [0.29, 0.717) is 27.7 Å². The van der Waals surface area contributed by atoms with Crippen molar-refractivity contribution >= 4 is 28.5 Å². The second-order valence-corrected chi connectivity index (χ2v) is 7.42. The van der Waals surface area contributed by atoms with Crippen molar-refractivity contribution in [1.29, 1.82) is 0 Å². The second-order valence-electron chi connectivity index (χ2n) is 7.01. The van der Waals surface area contributed by atoms with Crippen molar-refractivity contribution in [3.63, 3.8) is 0 Å². The quantitative estimate of drug-likeness (QED) is 0.326. The van der Waals surface area contributed by atoms with Crippen molar-refractivity contribution in [2.24, 2.45) is 0 Å². The summed E-state index contributed by atoms with van der Waals surface area (Å²) in [6.45, 7) is -0.805. The van der Waals surface area contributed by atoms with Gasteiger partial charge < -0.3 is 20.3 Å². The number of aromatic amines is 1. The fourth-order valence-corrected chi connectivity index (χ4v) is 3.30. The fourth-order valence-electron chi connectivity index (χ4n) is 3.07. The number of hydrogen-bond acceptors (Lipinski definition) is 6. The fraction of sp³-hybridized carbons (Fsp3) is 0.136. The number of hydrogen-bond donors (Lipinski definition) is 4. The lowest BCUT2D eigenvalue weighted by Crippen LogP contribution is -2.34. The van der Waals surface area contributed by atoms with Gasteiger partial charge in [0.25, 0.3) is 5.91 Å². The van der Waals surface area contributed by atoms with E-state index < -0.39 is 30.3 Å². The monoisotopic (exact) mass is 474 g/mol. The zero-order valence-corrected chi connectivity index (χ0v) is 17.6. The van der Waals surface area contributed by atoms with E-state index in [4.69, 9.17) is 21.4 Å². The number of benzene rings is 2. The number of H-pyrrole nitrogens is 1. The minimum absolute atomic E-state index is 0.105. The third-order valence-electron chi connectivity index (χ3n) is 4.71. The van der Waals surface area contributed by atoms with E-state index in [1.807, 2.05) is 0 Å². The molecular weight excluding hydrogens is 458 g/mol. The zero-order valence-electron chi connectivity index (χ0n) is 16.8. The van der Waals surface area contributed by atoms with E-state index in [-0.39, 0.29) is 29.4 Å². The second kappa shape index (κ2) is 9.49. The van der Waals surface area contributed by atoms with Crippen LogP contribution < -0.4 is 10.1 Å². The molecule has 0 fully saturated rings. The molecule has 0 aliphatic carbocycles. The first-order valence-electron chi connectivity index (χ1n) is 9.71. The summed E-state index contributed by atoms with van der Waals surface area (Å²) in [5.41, 5.74) is 1.16. The molecule has 11 heteroatoms. The average molecular weight is 475 g/mol. The van der Waals surface area contributed by atoms with Crippen LogP contribution in [0.1, 0.15) is 10.4 Å². The lowest BCUT2D eigenvalue weighted by Gasteiger charge is -2.13. The van der Waals surface area contributed by atoms with Crippen LogP contribution in [-0.2, 0) is 0 Å². The van der Waals surface area contributed by atoms with Gasteiger partial charge in [-0.25, -0.2) is 8.78 Å². The molecule has 0 radical (unpaired) electrons. The highest BCUT2D eigenvalue weighted by atomic mass is 35.5. The molecule has 0 bridgehead atoms. The van der Waals surface area contributed by atoms with E-state index in [2.05, 4.69) is 20.5 Å². The van der Waals surface area contributed by atoms with Gasteiger partial charge in [-0.3, -0.25) is 9.89 Å². The normalized spacial score (nSPS) is 12.0. The number of aromatic nitrogens is 3. The molecule has 1 atom stereocenters. The Morgan fingerprint density at radius 2 is 2.00 bits per heavy atom. The molecule has 0 saturated carbocycles. The summed E-state index contributed by atoms with van der Waals surface area (Å²) < 4.78 is 32.9. The molecule has 0 aliphatic heterocycles. The molecule has 2 aromatic carbocycles. The summed E-state index contributed by atoms with van der Waals surface area (Å²) >= 11 is 6.29. The first-order valence-corrected chi connectivity index (χ1v) is 10.1. The number of rotatable bonds is 7. The highest BCUT2D eigenvalue weighted by molar-refractivity contribution is 6.33. The Hall–Kier alpha value is -3.60. The van der Waals surface area contributed by atoms with Crippen LogP contribution >= 0.6 is 11.6 Å². The number of halogens is 3. The zero-order chi connectivity index (χ0) is 23.5. The van der Waals surface area contributed by atoms with Gasteiger partial charge in [0.15, 0.2) is 17.2 Å². The number of nitrogens with one attached hydrogen (secondary N) is 2. The molecule has 1 amide bonds. The molecule has 8 nitrogen and oxygen atoms in total. The van der Waals surface area contributed by atoms with E-state index in [1.165, 1.54) is 6.07 Å². The number of aliphatic hydroxyl groups is 2. The van der Waals surface area contributed by atoms with Crippen LogP contribution in [0.2, 0.25) is 5.02 Å². The van der Waals surface area contributed by atoms with Gasteiger partial charge in [0.2, 0.25) is 5.88 Å². The van der Waals surface area contributed by atoms with Crippen molar-refractivity contribution in [2.45, 2.75) is 6.10 Å². The predicted molar refractivity (Wildman–Crippen MR) is 116 cm³/mol. The summed E-state index contributed by atoms with van der Waals surface area (Å²) in [5, 5.41) is 28.8. The molecule has 4 aromatic rings. The Morgan fingerprint density at radius 1 is 1.21 bits per heavy atom. The van der Waals surface area contributed by atoms with Gasteiger partial charge in [0, 0.05) is 28.6 Å². The molecule has 4 rings (SSSR count). The lowest BCUT2D eigenvalue weighted by atomic mass is 10.1. The molecular formula is C22H17ClF2N4O4. The molecule has 2 aromatic heterocycles. The summed E-state index contributed by atoms with van der Waals surface area (Å²) in [5.74, 6) is -3.13. The highest BCUT2D eigenvalue weighted by Crippen LogP contribution is 2.34. The van der Waals surface area contributed by atoms with E-state index in [0.717, 1.165) is 12.1 Å². The smallest absolute Gasteiger partial charge is 0.256 e. The van der Waals surface area contributed by atoms with Crippen molar-refractivity contribution in [3.8, 4) is 22.9 Å². The average Bonchev–Trinajstić information content (AvgIpc) is 3.21. The Morgan fingerprint density at radius 3 is 2.73 bits per heavy atom. The molecule has 0 aliphatic rings. The number of carbonyl (C=O) groups excluding carboxylic acids is 1. The number of amides is 1. The molecule has 4 N–H and O–H groups in total. The largest absolute Gasteiger partial charge is 0.435 e. The Kier molecular flexibility index (Phi) is 6.50. The Labute approximate surface area is 190 Å². The van der Waals surface area contributed by atoms with Gasteiger partial charge in [-0.05, 0) is 24.3 Å². The van der Waals surface area contributed by atoms with Gasteiger partial charge in [-0.1, -0.05) is 29.8 Å². The third-order valence-corrected chi connectivity index (χ3v) is 5.04. The van der Waals surface area contributed by atoms with Gasteiger partial charge in [-0.15, -0.1) is 0 Å². The molecule has 0 spiro atoms. The van der Waals surface area contributed by atoms with Gasteiger partial charge >= 0.3 is 0 Å². The first kappa shape index (κ1) is 22.6. The maximum Gasteiger partial charge on any atom is 0.256 e. The van der Waals surface area contributed by atoms with Crippen molar-refractivity contribution in [1.82, 2.24) is 20.5 Å². The SMILES string of the molecule is O=C(NCC(O)CO)c1cc2c(-c3ccccc3Cl)[nH]nc2nc1Oc1ccc(F)cc1F. The predicted octanol–water partition coefficient (Wildman–Crippen LogP) is 3.43. The number of fused-ring (bicyclic) bond motifs is 1. The van der Waals surface area contributed by atoms with Crippen LogP contribution in [-0.4, -0.2) is 50.6 Å². The number of ether oxygens (including phenoxy) is 1. The van der Waals surface area contributed by atoms with Crippen LogP contribution in [0.25, 0.3) is 22.3 Å². The van der Waals surface area contributed by atoms with Crippen LogP contribution in [0.5, 0.6) is 11.6 Å². The molecule has 1 unspecified atom stereocenters. The molecule has 0 saturated heterocycles. The molecule has 33 heavy (non-hydrogen) atoms. The Balaban J connectivity index is 1.81. The highest BCUT2D eigenvalue weighted by Gasteiger charge is 2.22. The van der Waals surface area contributed by atoms with Crippen molar-refractivity contribution in [2.75, 3.05) is 13.2 Å². The van der Waals surface area contributed by atoms with Crippen LogP contribution in [0, 0.1) is 11.6 Å². The van der Waals surface area contributed by atoms with Crippen molar-refractivity contribution < 1.29 is 28.5 Å². The maximum atomic E-state index is 14.2. The number of nitrogens with zero attached hydrogens (tertiary/aromatic N) is 2. The first-order chi connectivity index (χ1) is 15.9. The molecule has 2 heterocycles. The summed E-state index contributed by atoms with van der Waals surface area (Å²) in [6, 6.07) is 11.1. The molecule has 170 valence electrons. The Bertz CT molecular complexity index is 1330. The summed E-state index contributed by atoms with van der Waals surface area (Å²) in [6.07, 6.45) is -1.18. The third kappa shape index (κ3) is 4.77. The number of pyridine rings is 1. The minimum Gasteiger partial charge on any atom is -0.435 e. The van der Waals surface area contributed by atoms with E-state index in [1.54, 1.807) is 24.3 Å². The topological polar surface area (TPSA) is 120 Å².